The van der Waals surface area contributed by atoms with Crippen molar-refractivity contribution in [2.45, 2.75) is 25.3 Å². The summed E-state index contributed by atoms with van der Waals surface area (Å²) in [6.45, 7) is 1.85. The first kappa shape index (κ1) is 13.4. The number of esters is 1. The minimum Gasteiger partial charge on any atom is -0.496 e. The fraction of sp³-hybridized carbons (Fsp3) is 0.429. The molecule has 2 rings (SSSR count). The van der Waals surface area contributed by atoms with E-state index in [0.29, 0.717) is 5.75 Å². The maximum absolute atomic E-state index is 11.7. The first-order valence-electron chi connectivity index (χ1n) is 6.25. The van der Waals surface area contributed by atoms with Gasteiger partial charge in [0.25, 0.3) is 0 Å². The molecule has 0 unspecified atom stereocenters. The lowest BCUT2D eigenvalue weighted by Crippen LogP contribution is -2.40. The van der Waals surface area contributed by atoms with Gasteiger partial charge in [-0.25, -0.2) is 4.79 Å². The molecular formula is C14H17NO4. The van der Waals surface area contributed by atoms with Crippen molar-refractivity contribution >= 4 is 11.9 Å². The second-order valence-electron chi connectivity index (χ2n) is 4.46. The molecule has 19 heavy (non-hydrogen) atoms. The van der Waals surface area contributed by atoms with E-state index in [1.807, 2.05) is 24.3 Å². The van der Waals surface area contributed by atoms with Crippen LogP contribution in [0.15, 0.2) is 24.3 Å². The first-order valence-corrected chi connectivity index (χ1v) is 6.25. The number of para-hydroxylation sites is 1. The molecule has 0 bridgehead atoms. The molecular weight excluding hydrogens is 246 g/mol. The third kappa shape index (κ3) is 2.70. The van der Waals surface area contributed by atoms with Crippen LogP contribution in [0.25, 0.3) is 0 Å². The largest absolute Gasteiger partial charge is 0.496 e. The Balaban J connectivity index is 2.15. The van der Waals surface area contributed by atoms with Gasteiger partial charge in [0, 0.05) is 5.56 Å². The summed E-state index contributed by atoms with van der Waals surface area (Å²) in [6, 6.07) is 7.49. The van der Waals surface area contributed by atoms with E-state index in [-0.39, 0.29) is 6.61 Å². The Hall–Kier alpha value is -2.04. The van der Waals surface area contributed by atoms with Gasteiger partial charge in [-0.05, 0) is 25.8 Å². The Morgan fingerprint density at radius 1 is 1.32 bits per heavy atom. The zero-order valence-electron chi connectivity index (χ0n) is 11.1. The summed E-state index contributed by atoms with van der Waals surface area (Å²) in [4.78, 5) is 23.1. The van der Waals surface area contributed by atoms with Crippen LogP contribution < -0.4 is 10.1 Å². The summed E-state index contributed by atoms with van der Waals surface area (Å²) in [5, 5.41) is 2.75. The predicted octanol–water partition coefficient (Wildman–Crippen LogP) is 1.36. The van der Waals surface area contributed by atoms with Crippen molar-refractivity contribution in [2.75, 3.05) is 13.7 Å². The Morgan fingerprint density at radius 2 is 2.00 bits per heavy atom. The molecule has 1 fully saturated rings. The van der Waals surface area contributed by atoms with E-state index >= 15 is 0 Å². The van der Waals surface area contributed by atoms with Crippen molar-refractivity contribution in [3.05, 3.63) is 29.8 Å². The van der Waals surface area contributed by atoms with Gasteiger partial charge < -0.3 is 14.8 Å². The summed E-state index contributed by atoms with van der Waals surface area (Å²) in [5.41, 5.74) is 0.409. The second-order valence-corrected chi connectivity index (χ2v) is 4.46. The van der Waals surface area contributed by atoms with Crippen LogP contribution >= 0.6 is 0 Å². The molecule has 1 aromatic carbocycles. The highest BCUT2D eigenvalue weighted by atomic mass is 16.5. The van der Waals surface area contributed by atoms with Gasteiger partial charge in [0.1, 0.15) is 5.75 Å². The summed E-state index contributed by atoms with van der Waals surface area (Å²) < 4.78 is 9.98. The van der Waals surface area contributed by atoms with Gasteiger partial charge in [-0.3, -0.25) is 4.79 Å². The Labute approximate surface area is 111 Å². The molecule has 0 heterocycles. The minimum absolute atomic E-state index is 0.188. The lowest BCUT2D eigenvalue weighted by molar-refractivity contribution is -0.155. The summed E-state index contributed by atoms with van der Waals surface area (Å²) >= 11 is 0. The third-order valence-electron chi connectivity index (χ3n) is 3.19. The first-order chi connectivity index (χ1) is 9.13. The molecule has 5 heteroatoms. The lowest BCUT2D eigenvalue weighted by Gasteiger charge is -2.19. The molecule has 1 N–H and O–H groups in total. The highest BCUT2D eigenvalue weighted by Crippen LogP contribution is 2.48. The molecule has 0 atom stereocenters. The molecule has 0 saturated heterocycles. The van der Waals surface area contributed by atoms with Crippen LogP contribution in [-0.2, 0) is 19.9 Å². The molecule has 1 aliphatic carbocycles. The molecule has 1 aliphatic rings. The van der Waals surface area contributed by atoms with Gasteiger partial charge in [0.2, 0.25) is 0 Å². The topological polar surface area (TPSA) is 64.6 Å². The smallest absolute Gasteiger partial charge is 0.396 e. The van der Waals surface area contributed by atoms with E-state index in [0.717, 1.165) is 18.4 Å². The van der Waals surface area contributed by atoms with Crippen LogP contribution in [0, 0.1) is 0 Å². The minimum atomic E-state index is -0.844. The summed E-state index contributed by atoms with van der Waals surface area (Å²) in [7, 11) is 1.59. The molecule has 1 aromatic rings. The standard InChI is InChI=1S/C14H17NO4/c1-3-19-13(17)12(16)15-14(8-9-14)10-6-4-5-7-11(10)18-2/h4-7H,3,8-9H2,1-2H3,(H,15,16). The van der Waals surface area contributed by atoms with E-state index < -0.39 is 17.4 Å². The van der Waals surface area contributed by atoms with Crippen LogP contribution in [0.3, 0.4) is 0 Å². The predicted molar refractivity (Wildman–Crippen MR) is 68.7 cm³/mol. The summed E-state index contributed by atoms with van der Waals surface area (Å²) in [5.74, 6) is -0.835. The average molecular weight is 263 g/mol. The third-order valence-corrected chi connectivity index (χ3v) is 3.19. The maximum atomic E-state index is 11.7. The summed E-state index contributed by atoms with van der Waals surface area (Å²) in [6.07, 6.45) is 1.58. The van der Waals surface area contributed by atoms with Crippen LogP contribution in [-0.4, -0.2) is 25.6 Å². The van der Waals surface area contributed by atoms with Crippen LogP contribution in [0.2, 0.25) is 0 Å². The fourth-order valence-electron chi connectivity index (χ4n) is 2.09. The molecule has 1 amide bonds. The zero-order chi connectivity index (χ0) is 13.9. The second kappa shape index (κ2) is 5.30. The monoisotopic (exact) mass is 263 g/mol. The molecule has 0 radical (unpaired) electrons. The Kier molecular flexibility index (Phi) is 3.74. The van der Waals surface area contributed by atoms with Gasteiger partial charge in [-0.2, -0.15) is 0 Å². The number of hydrogen-bond acceptors (Lipinski definition) is 4. The van der Waals surface area contributed by atoms with Crippen molar-refractivity contribution in [3.8, 4) is 5.75 Å². The van der Waals surface area contributed by atoms with Crippen molar-refractivity contribution in [1.82, 2.24) is 5.32 Å². The van der Waals surface area contributed by atoms with E-state index in [9.17, 15) is 9.59 Å². The molecule has 102 valence electrons. The van der Waals surface area contributed by atoms with Crippen molar-refractivity contribution in [1.29, 1.82) is 0 Å². The molecule has 0 spiro atoms. The van der Waals surface area contributed by atoms with Crippen LogP contribution in [0.4, 0.5) is 0 Å². The molecule has 1 saturated carbocycles. The zero-order valence-corrected chi connectivity index (χ0v) is 11.1. The highest BCUT2D eigenvalue weighted by molar-refractivity contribution is 6.32. The van der Waals surface area contributed by atoms with Gasteiger partial charge >= 0.3 is 11.9 Å². The highest BCUT2D eigenvalue weighted by Gasteiger charge is 2.48. The van der Waals surface area contributed by atoms with Gasteiger partial charge in [-0.1, -0.05) is 18.2 Å². The Bertz CT molecular complexity index is 494. The molecule has 0 aliphatic heterocycles. The van der Waals surface area contributed by atoms with Crippen LogP contribution in [0.5, 0.6) is 5.75 Å². The fourth-order valence-corrected chi connectivity index (χ4v) is 2.09. The number of ether oxygens (including phenoxy) is 2. The van der Waals surface area contributed by atoms with E-state index in [4.69, 9.17) is 4.74 Å². The van der Waals surface area contributed by atoms with Crippen molar-refractivity contribution in [3.63, 3.8) is 0 Å². The lowest BCUT2D eigenvalue weighted by atomic mass is 10.0. The number of rotatable bonds is 4. The number of benzene rings is 1. The number of nitrogens with one attached hydrogen (secondary N) is 1. The Morgan fingerprint density at radius 3 is 2.58 bits per heavy atom. The van der Waals surface area contributed by atoms with E-state index in [2.05, 4.69) is 10.1 Å². The number of methoxy groups -OCH3 is 1. The number of carbonyl (C=O) groups excluding carboxylic acids is 2. The maximum Gasteiger partial charge on any atom is 0.396 e. The average Bonchev–Trinajstić information content (AvgIpc) is 3.19. The van der Waals surface area contributed by atoms with Gasteiger partial charge in [0.15, 0.2) is 0 Å². The normalized spacial score (nSPS) is 15.5. The van der Waals surface area contributed by atoms with Crippen LogP contribution in [0.1, 0.15) is 25.3 Å². The van der Waals surface area contributed by atoms with E-state index in [1.165, 1.54) is 0 Å². The molecule has 5 nitrogen and oxygen atoms in total. The number of amides is 1. The van der Waals surface area contributed by atoms with Gasteiger partial charge in [-0.15, -0.1) is 0 Å². The van der Waals surface area contributed by atoms with Crippen molar-refractivity contribution in [2.24, 2.45) is 0 Å². The molecule has 0 aromatic heterocycles. The van der Waals surface area contributed by atoms with Crippen molar-refractivity contribution < 1.29 is 19.1 Å². The number of hydrogen-bond donors (Lipinski definition) is 1. The van der Waals surface area contributed by atoms with E-state index in [1.54, 1.807) is 14.0 Å². The number of carbonyl (C=O) groups is 2. The SMILES string of the molecule is CCOC(=O)C(=O)NC1(c2ccccc2OC)CC1. The van der Waals surface area contributed by atoms with Gasteiger partial charge in [0.05, 0.1) is 19.3 Å². The quantitative estimate of drug-likeness (QED) is 0.658.